The molecule has 1 aliphatic rings. The molecule has 2 rings (SSSR count). The van der Waals surface area contributed by atoms with Gasteiger partial charge in [0.1, 0.15) is 6.10 Å². The average Bonchev–Trinajstić information content (AvgIpc) is 2.54. The van der Waals surface area contributed by atoms with Crippen molar-refractivity contribution in [2.75, 3.05) is 26.2 Å². The number of amides is 2. The number of rotatable bonds is 4. The van der Waals surface area contributed by atoms with Gasteiger partial charge in [0, 0.05) is 12.5 Å². The summed E-state index contributed by atoms with van der Waals surface area (Å²) in [5, 5.41) is 3.58. The van der Waals surface area contributed by atoms with Crippen LogP contribution in [0.5, 0.6) is 0 Å². The van der Waals surface area contributed by atoms with Crippen molar-refractivity contribution in [1.82, 2.24) is 10.2 Å². The fraction of sp³-hybridized carbons (Fsp3) is 0.500. The first-order chi connectivity index (χ1) is 10.9. The molecule has 1 fully saturated rings. The molecular weight excluding hydrogens is 339 g/mol. The Morgan fingerprint density at radius 3 is 2.74 bits per heavy atom. The summed E-state index contributed by atoms with van der Waals surface area (Å²) in [6.07, 6.45) is -0.247. The number of ether oxygens (including phenoxy) is 1. The van der Waals surface area contributed by atoms with Gasteiger partial charge in [-0.25, -0.2) is 0 Å². The van der Waals surface area contributed by atoms with Gasteiger partial charge in [0.15, 0.2) is 0 Å². The van der Waals surface area contributed by atoms with Gasteiger partial charge >= 0.3 is 0 Å². The molecule has 7 heteroatoms. The van der Waals surface area contributed by atoms with E-state index in [0.29, 0.717) is 29.7 Å². The van der Waals surface area contributed by atoms with Gasteiger partial charge < -0.3 is 15.0 Å². The predicted octanol–water partition coefficient (Wildman–Crippen LogP) is 2.67. The Kier molecular flexibility index (Phi) is 6.27. The minimum atomic E-state index is -0.247. The van der Waals surface area contributed by atoms with Gasteiger partial charge in [-0.1, -0.05) is 43.1 Å². The highest BCUT2D eigenvalue weighted by Gasteiger charge is 2.26. The fourth-order valence-corrected chi connectivity index (χ4v) is 2.58. The van der Waals surface area contributed by atoms with Gasteiger partial charge in [-0.3, -0.25) is 9.59 Å². The number of halogens is 2. The molecule has 23 heavy (non-hydrogen) atoms. The molecule has 0 aliphatic carbocycles. The van der Waals surface area contributed by atoms with Crippen LogP contribution < -0.4 is 5.32 Å². The lowest BCUT2D eigenvalue weighted by Gasteiger charge is -2.33. The highest BCUT2D eigenvalue weighted by Crippen LogP contribution is 2.29. The summed E-state index contributed by atoms with van der Waals surface area (Å²) in [4.78, 5) is 25.5. The zero-order valence-electron chi connectivity index (χ0n) is 13.1. The minimum Gasteiger partial charge on any atom is -0.370 e. The Balaban J connectivity index is 1.96. The smallest absolute Gasteiger partial charge is 0.242 e. The van der Waals surface area contributed by atoms with E-state index in [9.17, 15) is 9.59 Å². The van der Waals surface area contributed by atoms with E-state index in [2.05, 4.69) is 5.32 Å². The average molecular weight is 359 g/mol. The summed E-state index contributed by atoms with van der Waals surface area (Å²) in [5.41, 5.74) is 0.878. The minimum absolute atomic E-state index is 0.00507. The van der Waals surface area contributed by atoms with Crippen molar-refractivity contribution in [3.05, 3.63) is 33.8 Å². The molecule has 0 saturated carbocycles. The van der Waals surface area contributed by atoms with Gasteiger partial charge in [-0.15, -0.1) is 0 Å². The van der Waals surface area contributed by atoms with Crippen LogP contribution in [0.2, 0.25) is 10.0 Å². The molecule has 2 amide bonds. The topological polar surface area (TPSA) is 58.6 Å². The largest absolute Gasteiger partial charge is 0.370 e. The molecule has 1 N–H and O–H groups in total. The first-order valence-corrected chi connectivity index (χ1v) is 8.26. The SMILES string of the molecule is CC(C)C(=O)NCC(=O)N1CCO[C@H](c2ccc(Cl)c(Cl)c2)C1. The number of morpholine rings is 1. The monoisotopic (exact) mass is 358 g/mol. The second-order valence-corrected chi connectivity index (χ2v) is 6.56. The number of nitrogens with one attached hydrogen (secondary N) is 1. The van der Waals surface area contributed by atoms with Gasteiger partial charge in [0.25, 0.3) is 0 Å². The maximum Gasteiger partial charge on any atom is 0.242 e. The lowest BCUT2D eigenvalue weighted by atomic mass is 10.1. The first kappa shape index (κ1) is 18.0. The summed E-state index contributed by atoms with van der Waals surface area (Å²) < 4.78 is 5.72. The van der Waals surface area contributed by atoms with Crippen LogP contribution in [0.4, 0.5) is 0 Å². The molecule has 126 valence electrons. The number of benzene rings is 1. The molecular formula is C16H20Cl2N2O3. The van der Waals surface area contributed by atoms with E-state index in [1.54, 1.807) is 30.9 Å². The van der Waals surface area contributed by atoms with Crippen LogP contribution in [0.1, 0.15) is 25.5 Å². The second-order valence-electron chi connectivity index (χ2n) is 5.75. The van der Waals surface area contributed by atoms with Crippen molar-refractivity contribution in [1.29, 1.82) is 0 Å². The fourth-order valence-electron chi connectivity index (χ4n) is 2.27. The molecule has 1 aliphatic heterocycles. The van der Waals surface area contributed by atoms with Gasteiger partial charge in [-0.2, -0.15) is 0 Å². The van der Waals surface area contributed by atoms with E-state index < -0.39 is 0 Å². The van der Waals surface area contributed by atoms with Crippen LogP contribution in [0.25, 0.3) is 0 Å². The second kappa shape index (κ2) is 7.99. The van der Waals surface area contributed by atoms with E-state index >= 15 is 0 Å². The lowest BCUT2D eigenvalue weighted by Crippen LogP contribution is -2.47. The summed E-state index contributed by atoms with van der Waals surface area (Å²) in [6, 6.07) is 5.31. The maximum absolute atomic E-state index is 12.2. The van der Waals surface area contributed by atoms with Gasteiger partial charge in [0.2, 0.25) is 11.8 Å². The Bertz CT molecular complexity index is 593. The Labute approximate surface area is 145 Å². The Hall–Kier alpha value is -1.30. The third kappa shape index (κ3) is 4.83. The van der Waals surface area contributed by atoms with Crippen molar-refractivity contribution in [3.63, 3.8) is 0 Å². The molecule has 1 saturated heterocycles. The predicted molar refractivity (Wildman–Crippen MR) is 89.6 cm³/mol. The molecule has 0 aromatic heterocycles. The summed E-state index contributed by atoms with van der Waals surface area (Å²) in [7, 11) is 0. The Morgan fingerprint density at radius 1 is 1.35 bits per heavy atom. The van der Waals surface area contributed by atoms with Crippen LogP contribution in [-0.4, -0.2) is 43.0 Å². The number of nitrogens with zero attached hydrogens (tertiary/aromatic N) is 1. The third-order valence-corrected chi connectivity index (χ3v) is 4.41. The quantitative estimate of drug-likeness (QED) is 0.899. The van der Waals surface area contributed by atoms with E-state index in [1.807, 2.05) is 6.07 Å². The molecule has 1 heterocycles. The molecule has 1 aromatic rings. The molecule has 1 aromatic carbocycles. The maximum atomic E-state index is 12.2. The van der Waals surface area contributed by atoms with Gasteiger partial charge in [-0.05, 0) is 17.7 Å². The highest BCUT2D eigenvalue weighted by molar-refractivity contribution is 6.42. The van der Waals surface area contributed by atoms with Crippen LogP contribution in [-0.2, 0) is 14.3 Å². The normalized spacial score (nSPS) is 18.1. The zero-order chi connectivity index (χ0) is 17.0. The molecule has 0 radical (unpaired) electrons. The van der Waals surface area contributed by atoms with Crippen molar-refractivity contribution in [2.24, 2.45) is 5.92 Å². The standard InChI is InChI=1S/C16H20Cl2N2O3/c1-10(2)16(22)19-8-15(21)20-5-6-23-14(9-20)11-3-4-12(17)13(18)7-11/h3-4,7,10,14H,5-6,8-9H2,1-2H3,(H,19,22)/t14-/m0/s1. The van der Waals surface area contributed by atoms with Crippen LogP contribution in [0, 0.1) is 5.92 Å². The molecule has 0 bridgehead atoms. The van der Waals surface area contributed by atoms with E-state index in [-0.39, 0.29) is 30.4 Å². The summed E-state index contributed by atoms with van der Waals surface area (Å²) in [6.45, 7) is 4.95. The molecule has 5 nitrogen and oxygen atoms in total. The van der Waals surface area contributed by atoms with E-state index in [4.69, 9.17) is 27.9 Å². The molecule has 0 unspecified atom stereocenters. The van der Waals surface area contributed by atoms with Crippen molar-refractivity contribution < 1.29 is 14.3 Å². The number of carbonyl (C=O) groups excluding carboxylic acids is 2. The zero-order valence-corrected chi connectivity index (χ0v) is 14.7. The van der Waals surface area contributed by atoms with Crippen molar-refractivity contribution >= 4 is 35.0 Å². The molecule has 0 spiro atoms. The van der Waals surface area contributed by atoms with Crippen molar-refractivity contribution in [3.8, 4) is 0 Å². The lowest BCUT2D eigenvalue weighted by molar-refractivity contribution is -0.139. The number of carbonyl (C=O) groups is 2. The van der Waals surface area contributed by atoms with Crippen molar-refractivity contribution in [2.45, 2.75) is 20.0 Å². The van der Waals surface area contributed by atoms with Crippen LogP contribution in [0.3, 0.4) is 0 Å². The van der Waals surface area contributed by atoms with E-state index in [0.717, 1.165) is 5.56 Å². The Morgan fingerprint density at radius 2 is 2.09 bits per heavy atom. The highest BCUT2D eigenvalue weighted by atomic mass is 35.5. The number of hydrogen-bond acceptors (Lipinski definition) is 3. The number of hydrogen-bond donors (Lipinski definition) is 1. The van der Waals surface area contributed by atoms with E-state index in [1.165, 1.54) is 0 Å². The van der Waals surface area contributed by atoms with Crippen LogP contribution in [0.15, 0.2) is 18.2 Å². The first-order valence-electron chi connectivity index (χ1n) is 7.50. The molecule has 1 atom stereocenters. The summed E-state index contributed by atoms with van der Waals surface area (Å²) >= 11 is 11.9. The van der Waals surface area contributed by atoms with Crippen LogP contribution >= 0.6 is 23.2 Å². The summed E-state index contributed by atoms with van der Waals surface area (Å²) in [5.74, 6) is -0.392. The van der Waals surface area contributed by atoms with Gasteiger partial charge in [0.05, 0.1) is 29.7 Å². The third-order valence-electron chi connectivity index (χ3n) is 3.67.